The highest BCUT2D eigenvalue weighted by molar-refractivity contribution is 5.52. The number of hydrogen-bond acceptors (Lipinski definition) is 4. The van der Waals surface area contributed by atoms with Crippen molar-refractivity contribution in [3.05, 3.63) is 24.0 Å². The summed E-state index contributed by atoms with van der Waals surface area (Å²) >= 11 is 0. The van der Waals surface area contributed by atoms with Crippen LogP contribution in [-0.4, -0.2) is 37.8 Å². The van der Waals surface area contributed by atoms with Crippen LogP contribution in [0.5, 0.6) is 0 Å². The maximum atomic E-state index is 5.45. The normalized spacial score (nSPS) is 16.9. The van der Waals surface area contributed by atoms with E-state index in [2.05, 4.69) is 35.1 Å². The maximum Gasteiger partial charge on any atom is 0.0605 e. The highest BCUT2D eigenvalue weighted by Gasteiger charge is 2.20. The molecule has 1 fully saturated rings. The predicted molar refractivity (Wildman–Crippen MR) is 83.0 cm³/mol. The van der Waals surface area contributed by atoms with E-state index in [1.165, 1.54) is 11.3 Å². The third-order valence-corrected chi connectivity index (χ3v) is 3.86. The number of rotatable bonds is 6. The molecule has 1 aromatic rings. The summed E-state index contributed by atoms with van der Waals surface area (Å²) in [6.45, 7) is 8.53. The SMILES string of the molecule is COC1CCN(c2ccncc2CNCC(C)C)CC1. The number of piperidine rings is 1. The lowest BCUT2D eigenvalue weighted by Gasteiger charge is -2.34. The molecule has 0 aliphatic carbocycles. The van der Waals surface area contributed by atoms with Crippen LogP contribution in [0.2, 0.25) is 0 Å². The van der Waals surface area contributed by atoms with Gasteiger partial charge < -0.3 is 15.0 Å². The second-order valence-corrected chi connectivity index (χ2v) is 5.95. The molecular formula is C16H27N3O. The summed E-state index contributed by atoms with van der Waals surface area (Å²) in [6.07, 6.45) is 6.53. The molecule has 20 heavy (non-hydrogen) atoms. The van der Waals surface area contributed by atoms with Crippen molar-refractivity contribution in [2.45, 2.75) is 39.3 Å². The van der Waals surface area contributed by atoms with E-state index < -0.39 is 0 Å². The molecule has 112 valence electrons. The van der Waals surface area contributed by atoms with Gasteiger partial charge in [0, 0.05) is 50.4 Å². The van der Waals surface area contributed by atoms with Crippen molar-refractivity contribution in [2.75, 3.05) is 31.6 Å². The molecule has 1 N–H and O–H groups in total. The number of pyridine rings is 1. The molecule has 1 aliphatic rings. The van der Waals surface area contributed by atoms with Gasteiger partial charge in [-0.2, -0.15) is 0 Å². The molecule has 2 heterocycles. The molecular weight excluding hydrogens is 250 g/mol. The van der Waals surface area contributed by atoms with Crippen LogP contribution in [-0.2, 0) is 11.3 Å². The van der Waals surface area contributed by atoms with E-state index in [-0.39, 0.29) is 0 Å². The largest absolute Gasteiger partial charge is 0.381 e. The highest BCUT2D eigenvalue weighted by atomic mass is 16.5. The van der Waals surface area contributed by atoms with Crippen molar-refractivity contribution in [3.8, 4) is 0 Å². The molecule has 0 unspecified atom stereocenters. The van der Waals surface area contributed by atoms with Gasteiger partial charge in [0.25, 0.3) is 0 Å². The fourth-order valence-electron chi connectivity index (χ4n) is 2.69. The minimum absolute atomic E-state index is 0.426. The van der Waals surface area contributed by atoms with Gasteiger partial charge in [-0.3, -0.25) is 4.98 Å². The van der Waals surface area contributed by atoms with Gasteiger partial charge in [0.15, 0.2) is 0 Å². The quantitative estimate of drug-likeness (QED) is 0.866. The number of ether oxygens (including phenoxy) is 1. The Morgan fingerprint density at radius 1 is 1.40 bits per heavy atom. The third kappa shape index (κ3) is 4.18. The summed E-state index contributed by atoms with van der Waals surface area (Å²) in [6, 6.07) is 2.14. The summed E-state index contributed by atoms with van der Waals surface area (Å²) in [5.41, 5.74) is 2.62. The molecule has 0 radical (unpaired) electrons. The van der Waals surface area contributed by atoms with Crippen molar-refractivity contribution in [1.29, 1.82) is 0 Å². The van der Waals surface area contributed by atoms with Gasteiger partial charge >= 0.3 is 0 Å². The fraction of sp³-hybridized carbons (Fsp3) is 0.688. The molecule has 1 aromatic heterocycles. The van der Waals surface area contributed by atoms with E-state index in [1.54, 1.807) is 0 Å². The molecule has 2 rings (SSSR count). The van der Waals surface area contributed by atoms with Gasteiger partial charge in [-0.05, 0) is 31.4 Å². The predicted octanol–water partition coefficient (Wildman–Crippen LogP) is 2.44. The van der Waals surface area contributed by atoms with Crippen LogP contribution in [0.4, 0.5) is 5.69 Å². The van der Waals surface area contributed by atoms with E-state index in [4.69, 9.17) is 4.74 Å². The van der Waals surface area contributed by atoms with Crippen molar-refractivity contribution < 1.29 is 4.74 Å². The van der Waals surface area contributed by atoms with Crippen molar-refractivity contribution in [2.24, 2.45) is 5.92 Å². The van der Waals surface area contributed by atoms with Crippen LogP contribution in [0, 0.1) is 5.92 Å². The lowest BCUT2D eigenvalue weighted by atomic mass is 10.1. The summed E-state index contributed by atoms with van der Waals surface area (Å²) in [7, 11) is 1.81. The fourth-order valence-corrected chi connectivity index (χ4v) is 2.69. The van der Waals surface area contributed by atoms with Crippen LogP contribution >= 0.6 is 0 Å². The smallest absolute Gasteiger partial charge is 0.0605 e. The summed E-state index contributed by atoms with van der Waals surface area (Å²) in [5.74, 6) is 0.674. The van der Waals surface area contributed by atoms with Crippen LogP contribution in [0.25, 0.3) is 0 Å². The first kappa shape index (κ1) is 15.3. The van der Waals surface area contributed by atoms with E-state index in [0.717, 1.165) is 39.0 Å². The second kappa shape index (κ2) is 7.60. The Labute approximate surface area is 122 Å². The number of anilines is 1. The number of aromatic nitrogens is 1. The zero-order chi connectivity index (χ0) is 14.4. The Morgan fingerprint density at radius 3 is 2.80 bits per heavy atom. The number of nitrogens with one attached hydrogen (secondary N) is 1. The Kier molecular flexibility index (Phi) is 5.80. The van der Waals surface area contributed by atoms with E-state index in [1.807, 2.05) is 19.5 Å². The van der Waals surface area contributed by atoms with Crippen LogP contribution in [0.1, 0.15) is 32.3 Å². The number of nitrogens with zero attached hydrogens (tertiary/aromatic N) is 2. The minimum atomic E-state index is 0.426. The topological polar surface area (TPSA) is 37.4 Å². The molecule has 1 saturated heterocycles. The molecule has 4 nitrogen and oxygen atoms in total. The molecule has 0 atom stereocenters. The van der Waals surface area contributed by atoms with Crippen molar-refractivity contribution >= 4 is 5.69 Å². The Hall–Kier alpha value is -1.13. The van der Waals surface area contributed by atoms with Gasteiger partial charge in [-0.15, -0.1) is 0 Å². The monoisotopic (exact) mass is 277 g/mol. The third-order valence-electron chi connectivity index (χ3n) is 3.86. The number of methoxy groups -OCH3 is 1. The Balaban J connectivity index is 1.97. The lowest BCUT2D eigenvalue weighted by Crippen LogP contribution is -2.37. The first-order valence-electron chi connectivity index (χ1n) is 7.62. The van der Waals surface area contributed by atoms with E-state index >= 15 is 0 Å². The zero-order valence-corrected chi connectivity index (χ0v) is 12.9. The van der Waals surface area contributed by atoms with Gasteiger partial charge in [0.2, 0.25) is 0 Å². The van der Waals surface area contributed by atoms with Gasteiger partial charge in [-0.25, -0.2) is 0 Å². The first-order chi connectivity index (χ1) is 9.70. The molecule has 1 aliphatic heterocycles. The van der Waals surface area contributed by atoms with Crippen LogP contribution < -0.4 is 10.2 Å². The van der Waals surface area contributed by atoms with Gasteiger partial charge in [-0.1, -0.05) is 13.8 Å². The lowest BCUT2D eigenvalue weighted by molar-refractivity contribution is 0.0819. The first-order valence-corrected chi connectivity index (χ1v) is 7.62. The Morgan fingerprint density at radius 2 is 2.15 bits per heavy atom. The molecule has 4 heteroatoms. The summed E-state index contributed by atoms with van der Waals surface area (Å²) < 4.78 is 5.45. The molecule has 0 saturated carbocycles. The summed E-state index contributed by atoms with van der Waals surface area (Å²) in [5, 5.41) is 3.51. The van der Waals surface area contributed by atoms with E-state index in [9.17, 15) is 0 Å². The van der Waals surface area contributed by atoms with Gasteiger partial charge in [0.05, 0.1) is 6.10 Å². The van der Waals surface area contributed by atoms with Gasteiger partial charge in [0.1, 0.15) is 0 Å². The molecule has 0 bridgehead atoms. The second-order valence-electron chi connectivity index (χ2n) is 5.95. The van der Waals surface area contributed by atoms with E-state index in [0.29, 0.717) is 12.0 Å². The molecule has 0 aromatic carbocycles. The standard InChI is InChI=1S/C16H27N3O/c1-13(2)10-18-12-14-11-17-7-4-16(14)19-8-5-15(20-3)6-9-19/h4,7,11,13,15,18H,5-6,8-10,12H2,1-3H3. The Bertz CT molecular complexity index is 400. The maximum absolute atomic E-state index is 5.45. The summed E-state index contributed by atoms with van der Waals surface area (Å²) in [4.78, 5) is 6.74. The molecule has 0 spiro atoms. The average Bonchev–Trinajstić information content (AvgIpc) is 2.47. The number of hydrogen-bond donors (Lipinski definition) is 1. The average molecular weight is 277 g/mol. The molecule has 0 amide bonds. The van der Waals surface area contributed by atoms with Crippen LogP contribution in [0.3, 0.4) is 0 Å². The van der Waals surface area contributed by atoms with Crippen molar-refractivity contribution in [3.63, 3.8) is 0 Å². The highest BCUT2D eigenvalue weighted by Crippen LogP contribution is 2.24. The zero-order valence-electron chi connectivity index (χ0n) is 12.9. The minimum Gasteiger partial charge on any atom is -0.381 e. The van der Waals surface area contributed by atoms with Crippen LogP contribution in [0.15, 0.2) is 18.5 Å². The van der Waals surface area contributed by atoms with Crippen molar-refractivity contribution in [1.82, 2.24) is 10.3 Å².